The maximum atomic E-state index is 13.1. The van der Waals surface area contributed by atoms with Crippen molar-refractivity contribution in [3.63, 3.8) is 0 Å². The lowest BCUT2D eigenvalue weighted by Crippen LogP contribution is -2.50. The number of carbonyl (C=O) groups excluding carboxylic acids is 1. The molecule has 0 N–H and O–H groups in total. The summed E-state index contributed by atoms with van der Waals surface area (Å²) in [7, 11) is 0. The number of rotatable bonds is 3. The molecule has 21 heavy (non-hydrogen) atoms. The standard InChI is InChI=1S/C15H12ClF3O2/c1-10(20)11-5-7-12(8-6-11)21-13-4-2-3-9-14(13,16)15(17,18)19/h2-9,13H,1H3. The van der Waals surface area contributed by atoms with Crippen molar-refractivity contribution in [1.82, 2.24) is 0 Å². The quantitative estimate of drug-likeness (QED) is 0.614. The van der Waals surface area contributed by atoms with E-state index in [1.54, 1.807) is 0 Å². The molecule has 1 aromatic carbocycles. The number of allylic oxidation sites excluding steroid dienone is 2. The van der Waals surface area contributed by atoms with E-state index in [0.717, 1.165) is 6.08 Å². The summed E-state index contributed by atoms with van der Waals surface area (Å²) in [6, 6.07) is 5.86. The number of hydrogen-bond acceptors (Lipinski definition) is 2. The lowest BCUT2D eigenvalue weighted by atomic mass is 9.95. The molecule has 112 valence electrons. The molecule has 1 aliphatic rings. The van der Waals surface area contributed by atoms with E-state index in [9.17, 15) is 18.0 Å². The number of hydrogen-bond donors (Lipinski definition) is 0. The highest BCUT2D eigenvalue weighted by Gasteiger charge is 2.58. The highest BCUT2D eigenvalue weighted by atomic mass is 35.5. The SMILES string of the molecule is CC(=O)c1ccc(OC2C=CC=CC2(Cl)C(F)(F)F)cc1. The van der Waals surface area contributed by atoms with E-state index in [4.69, 9.17) is 16.3 Å². The third-order valence-corrected chi connectivity index (χ3v) is 3.66. The molecule has 2 atom stereocenters. The van der Waals surface area contributed by atoms with Crippen molar-refractivity contribution >= 4 is 17.4 Å². The normalized spacial score (nSPS) is 24.9. The summed E-state index contributed by atoms with van der Waals surface area (Å²) in [5.74, 6) is 0.0725. The molecular weight excluding hydrogens is 305 g/mol. The van der Waals surface area contributed by atoms with E-state index in [-0.39, 0.29) is 11.5 Å². The molecule has 2 unspecified atom stereocenters. The molecule has 0 amide bonds. The zero-order chi connectivity index (χ0) is 15.7. The smallest absolute Gasteiger partial charge is 0.415 e. The van der Waals surface area contributed by atoms with Gasteiger partial charge in [0.1, 0.15) is 11.9 Å². The molecular formula is C15H12ClF3O2. The maximum Gasteiger partial charge on any atom is 0.415 e. The topological polar surface area (TPSA) is 26.3 Å². The maximum absolute atomic E-state index is 13.1. The third-order valence-electron chi connectivity index (χ3n) is 3.11. The van der Waals surface area contributed by atoms with Crippen molar-refractivity contribution in [2.45, 2.75) is 24.1 Å². The second-order valence-corrected chi connectivity index (χ2v) is 5.25. The Labute approximate surface area is 124 Å². The highest BCUT2D eigenvalue weighted by Crippen LogP contribution is 2.43. The van der Waals surface area contributed by atoms with Gasteiger partial charge in [0.25, 0.3) is 0 Å². The van der Waals surface area contributed by atoms with Gasteiger partial charge >= 0.3 is 6.18 Å². The van der Waals surface area contributed by atoms with Crippen molar-refractivity contribution < 1.29 is 22.7 Å². The van der Waals surface area contributed by atoms with Gasteiger partial charge < -0.3 is 4.74 Å². The summed E-state index contributed by atoms with van der Waals surface area (Å²) in [5.41, 5.74) is 0.453. The Morgan fingerprint density at radius 1 is 1.24 bits per heavy atom. The molecule has 1 aliphatic carbocycles. The van der Waals surface area contributed by atoms with E-state index in [2.05, 4.69) is 0 Å². The number of alkyl halides is 4. The minimum Gasteiger partial charge on any atom is -0.484 e. The lowest BCUT2D eigenvalue weighted by Gasteiger charge is -2.34. The van der Waals surface area contributed by atoms with E-state index in [0.29, 0.717) is 5.56 Å². The summed E-state index contributed by atoms with van der Waals surface area (Å²) in [4.78, 5) is 8.54. The average Bonchev–Trinajstić information content (AvgIpc) is 2.41. The molecule has 2 nitrogen and oxygen atoms in total. The molecule has 0 aromatic heterocycles. The Bertz CT molecular complexity index is 590. The van der Waals surface area contributed by atoms with Gasteiger partial charge in [-0.3, -0.25) is 4.79 Å². The molecule has 0 saturated heterocycles. The number of carbonyl (C=O) groups is 1. The molecule has 0 bridgehead atoms. The fourth-order valence-corrected chi connectivity index (χ4v) is 2.08. The fourth-order valence-electron chi connectivity index (χ4n) is 1.89. The predicted octanol–water partition coefficient (Wildman–Crippen LogP) is 4.30. The first-order valence-electron chi connectivity index (χ1n) is 6.13. The minimum atomic E-state index is -4.65. The summed E-state index contributed by atoms with van der Waals surface area (Å²) in [6.45, 7) is 1.40. The zero-order valence-electron chi connectivity index (χ0n) is 11.0. The molecule has 0 fully saturated rings. The van der Waals surface area contributed by atoms with Gasteiger partial charge in [-0.25, -0.2) is 0 Å². The molecule has 0 spiro atoms. The molecule has 6 heteroatoms. The second kappa shape index (κ2) is 5.56. The molecule has 1 aromatic rings. The van der Waals surface area contributed by atoms with Crippen LogP contribution in [0.5, 0.6) is 5.75 Å². The van der Waals surface area contributed by atoms with Crippen LogP contribution in [0, 0.1) is 0 Å². The Kier molecular flexibility index (Phi) is 4.14. The van der Waals surface area contributed by atoms with Gasteiger partial charge in [0.05, 0.1) is 0 Å². The van der Waals surface area contributed by atoms with Crippen molar-refractivity contribution in [3.8, 4) is 5.75 Å². The minimum absolute atomic E-state index is 0.135. The Balaban J connectivity index is 2.23. The number of ketones is 1. The monoisotopic (exact) mass is 316 g/mol. The Morgan fingerprint density at radius 3 is 2.38 bits per heavy atom. The molecule has 0 heterocycles. The van der Waals surface area contributed by atoms with Crippen LogP contribution in [-0.4, -0.2) is 22.9 Å². The van der Waals surface area contributed by atoms with Gasteiger partial charge in [-0.2, -0.15) is 13.2 Å². The first-order valence-corrected chi connectivity index (χ1v) is 6.51. The summed E-state index contributed by atoms with van der Waals surface area (Å²) in [5, 5.41) is 0. The third kappa shape index (κ3) is 3.13. The van der Waals surface area contributed by atoms with Gasteiger partial charge in [0.15, 0.2) is 10.7 Å². The van der Waals surface area contributed by atoms with E-state index < -0.39 is 17.2 Å². The number of Topliss-reactive ketones (excluding diaryl/α,β-unsaturated/α-hetero) is 1. The van der Waals surface area contributed by atoms with Crippen LogP contribution in [0.25, 0.3) is 0 Å². The van der Waals surface area contributed by atoms with Crippen molar-refractivity contribution in [3.05, 3.63) is 54.1 Å². The average molecular weight is 317 g/mol. The van der Waals surface area contributed by atoms with Crippen molar-refractivity contribution in [1.29, 1.82) is 0 Å². The van der Waals surface area contributed by atoms with Crippen LogP contribution in [0.15, 0.2) is 48.6 Å². The molecule has 2 rings (SSSR count). The van der Waals surface area contributed by atoms with E-state index in [1.165, 1.54) is 49.4 Å². The number of benzene rings is 1. The van der Waals surface area contributed by atoms with Crippen molar-refractivity contribution in [2.24, 2.45) is 0 Å². The highest BCUT2D eigenvalue weighted by molar-refractivity contribution is 6.26. The van der Waals surface area contributed by atoms with Crippen LogP contribution in [0.4, 0.5) is 13.2 Å². The summed E-state index contributed by atoms with van der Waals surface area (Å²) >= 11 is 5.71. The molecule has 0 radical (unpaired) electrons. The van der Waals surface area contributed by atoms with Crippen LogP contribution in [0.3, 0.4) is 0 Å². The van der Waals surface area contributed by atoms with Gasteiger partial charge in [0, 0.05) is 5.56 Å². The van der Waals surface area contributed by atoms with Crippen molar-refractivity contribution in [2.75, 3.05) is 0 Å². The van der Waals surface area contributed by atoms with Gasteiger partial charge in [-0.05, 0) is 37.3 Å². The molecule has 0 saturated carbocycles. The molecule has 0 aliphatic heterocycles. The van der Waals surface area contributed by atoms with Gasteiger partial charge in [-0.1, -0.05) is 18.2 Å². The number of halogens is 4. The summed E-state index contributed by atoms with van der Waals surface area (Å²) in [6.07, 6.45) is -1.24. The first kappa shape index (κ1) is 15.6. The largest absolute Gasteiger partial charge is 0.484 e. The zero-order valence-corrected chi connectivity index (χ0v) is 11.8. The van der Waals surface area contributed by atoms with Crippen LogP contribution < -0.4 is 4.74 Å². The van der Waals surface area contributed by atoms with E-state index in [1.807, 2.05) is 0 Å². The predicted molar refractivity (Wildman–Crippen MR) is 73.8 cm³/mol. The van der Waals surface area contributed by atoms with Gasteiger partial charge in [-0.15, -0.1) is 11.6 Å². The van der Waals surface area contributed by atoms with Gasteiger partial charge in [0.2, 0.25) is 0 Å². The summed E-state index contributed by atoms with van der Waals surface area (Å²) < 4.78 is 44.7. The van der Waals surface area contributed by atoms with E-state index >= 15 is 0 Å². The Hall–Kier alpha value is -1.75. The van der Waals surface area contributed by atoms with Crippen LogP contribution in [0.1, 0.15) is 17.3 Å². The van der Waals surface area contributed by atoms with Crippen LogP contribution in [-0.2, 0) is 0 Å². The Morgan fingerprint density at radius 2 is 1.86 bits per heavy atom. The van der Waals surface area contributed by atoms with Crippen LogP contribution in [0.2, 0.25) is 0 Å². The fraction of sp³-hybridized carbons (Fsp3) is 0.267. The second-order valence-electron chi connectivity index (χ2n) is 4.63. The van der Waals surface area contributed by atoms with Crippen LogP contribution >= 0.6 is 11.6 Å². The first-order chi connectivity index (χ1) is 9.74. The number of ether oxygens (including phenoxy) is 1. The lowest BCUT2D eigenvalue weighted by molar-refractivity contribution is -0.164.